The molecule has 4 N–H and O–H groups in total. The van der Waals surface area contributed by atoms with E-state index in [1.807, 2.05) is 34.6 Å². The maximum Gasteiger partial charge on any atom is 0.162 e. The average Bonchev–Trinajstić information content (AvgIpc) is 2.48. The van der Waals surface area contributed by atoms with Crippen molar-refractivity contribution in [3.05, 3.63) is 0 Å². The Hall–Kier alpha value is -0.390. The molecule has 22 heavy (non-hydrogen) atoms. The van der Waals surface area contributed by atoms with Crippen LogP contribution in [-0.2, 0) is 9.59 Å². The smallest absolute Gasteiger partial charge is 0.162 e. The molecule has 0 saturated carbocycles. The first-order chi connectivity index (χ1) is 10.1. The molecule has 0 amide bonds. The van der Waals surface area contributed by atoms with E-state index in [4.69, 9.17) is 11.5 Å². The van der Waals surface area contributed by atoms with Gasteiger partial charge in [0.15, 0.2) is 11.6 Å². The Balaban J connectivity index is 4.26. The molecule has 5 heteroatoms. The Kier molecular flexibility index (Phi) is 10.2. The van der Waals surface area contributed by atoms with Crippen molar-refractivity contribution in [1.82, 2.24) is 0 Å². The van der Waals surface area contributed by atoms with Gasteiger partial charge in [-0.05, 0) is 30.9 Å². The van der Waals surface area contributed by atoms with E-state index in [9.17, 15) is 9.59 Å². The summed E-state index contributed by atoms with van der Waals surface area (Å²) in [4.78, 5) is 24.1. The fourth-order valence-electron chi connectivity index (χ4n) is 2.24. The summed E-state index contributed by atoms with van der Waals surface area (Å²) in [5.41, 5.74) is 12.0. The number of carbonyl (C=O) groups is 2. The van der Waals surface area contributed by atoms with Crippen molar-refractivity contribution < 1.29 is 9.59 Å². The molecule has 0 aromatic heterocycles. The average molecular weight is 331 g/mol. The molecular weight excluding hydrogens is 296 g/mol. The van der Waals surface area contributed by atoms with E-state index in [1.54, 1.807) is 11.8 Å². The van der Waals surface area contributed by atoms with Gasteiger partial charge >= 0.3 is 0 Å². The highest BCUT2D eigenvalue weighted by atomic mass is 32.2. The van der Waals surface area contributed by atoms with E-state index in [-0.39, 0.29) is 34.7 Å². The van der Waals surface area contributed by atoms with E-state index >= 15 is 0 Å². The number of carbonyl (C=O) groups excluding carboxylic acids is 2. The normalized spacial score (nSPS) is 18.6. The third-order valence-electron chi connectivity index (χ3n) is 4.21. The lowest BCUT2D eigenvalue weighted by molar-refractivity contribution is -0.123. The molecule has 0 spiro atoms. The van der Waals surface area contributed by atoms with Gasteiger partial charge in [0.25, 0.3) is 0 Å². The number of hydrogen-bond donors (Lipinski definition) is 2. The van der Waals surface area contributed by atoms with Gasteiger partial charge in [0.05, 0.1) is 17.3 Å². The van der Waals surface area contributed by atoms with Crippen molar-refractivity contribution in [2.45, 2.75) is 71.7 Å². The van der Waals surface area contributed by atoms with Crippen LogP contribution in [0.5, 0.6) is 0 Å². The number of nitrogens with two attached hydrogens (primary N) is 2. The monoisotopic (exact) mass is 330 g/mol. The number of hydrogen-bond acceptors (Lipinski definition) is 5. The SMILES string of the molecule is CCC(C)[C@@H](N)C(=O)C(C)SCC(C)C[C@@H](N)C(=O)C(C)C. The summed E-state index contributed by atoms with van der Waals surface area (Å²) in [6.45, 7) is 11.8. The minimum Gasteiger partial charge on any atom is -0.321 e. The largest absolute Gasteiger partial charge is 0.321 e. The van der Waals surface area contributed by atoms with Crippen LogP contribution in [0.15, 0.2) is 0 Å². The maximum absolute atomic E-state index is 12.3. The highest BCUT2D eigenvalue weighted by Gasteiger charge is 2.26. The zero-order valence-electron chi connectivity index (χ0n) is 15.0. The molecule has 0 aliphatic heterocycles. The van der Waals surface area contributed by atoms with E-state index < -0.39 is 6.04 Å². The van der Waals surface area contributed by atoms with Gasteiger partial charge in [0.2, 0.25) is 0 Å². The summed E-state index contributed by atoms with van der Waals surface area (Å²) < 4.78 is 0. The molecule has 5 atom stereocenters. The summed E-state index contributed by atoms with van der Waals surface area (Å²) >= 11 is 1.61. The van der Waals surface area contributed by atoms with Crippen molar-refractivity contribution in [3.8, 4) is 0 Å². The van der Waals surface area contributed by atoms with Gasteiger partial charge in [0, 0.05) is 5.92 Å². The summed E-state index contributed by atoms with van der Waals surface area (Å²) in [7, 11) is 0. The van der Waals surface area contributed by atoms with E-state index in [2.05, 4.69) is 6.92 Å². The van der Waals surface area contributed by atoms with Crippen molar-refractivity contribution in [1.29, 1.82) is 0 Å². The van der Waals surface area contributed by atoms with Crippen molar-refractivity contribution in [2.24, 2.45) is 29.2 Å². The Morgan fingerprint density at radius 1 is 1.00 bits per heavy atom. The maximum atomic E-state index is 12.3. The summed E-state index contributed by atoms with van der Waals surface area (Å²) in [5, 5.41) is -0.108. The van der Waals surface area contributed by atoms with Crippen LogP contribution in [0.2, 0.25) is 0 Å². The first-order valence-electron chi connectivity index (χ1n) is 8.31. The standard InChI is InChI=1S/C17H34N2O2S/c1-7-12(5)15(19)17(21)13(6)22-9-11(4)8-14(18)16(20)10(2)3/h10-15H,7-9,18-19H2,1-6H3/t11?,12?,13?,14-,15-/m1/s1. The molecule has 0 saturated heterocycles. The number of rotatable bonds is 11. The second-order valence-corrected chi connectivity index (χ2v) is 8.17. The van der Waals surface area contributed by atoms with Crippen molar-refractivity contribution in [3.63, 3.8) is 0 Å². The van der Waals surface area contributed by atoms with E-state index in [0.717, 1.165) is 12.2 Å². The van der Waals surface area contributed by atoms with Gasteiger partial charge in [-0.2, -0.15) is 11.8 Å². The van der Waals surface area contributed by atoms with Crippen LogP contribution < -0.4 is 11.5 Å². The van der Waals surface area contributed by atoms with Crippen molar-refractivity contribution >= 4 is 23.3 Å². The lowest BCUT2D eigenvalue weighted by Crippen LogP contribution is -2.41. The minimum absolute atomic E-state index is 0.0242. The van der Waals surface area contributed by atoms with Crippen LogP contribution in [0.25, 0.3) is 0 Å². The molecule has 3 unspecified atom stereocenters. The highest BCUT2D eigenvalue weighted by molar-refractivity contribution is 8.00. The molecule has 130 valence electrons. The predicted molar refractivity (Wildman–Crippen MR) is 96.0 cm³/mol. The Morgan fingerprint density at radius 3 is 2.00 bits per heavy atom. The summed E-state index contributed by atoms with van der Waals surface area (Å²) in [6, 6.07) is -0.781. The summed E-state index contributed by atoms with van der Waals surface area (Å²) in [6.07, 6.45) is 1.58. The quantitative estimate of drug-likeness (QED) is 0.608. The highest BCUT2D eigenvalue weighted by Crippen LogP contribution is 2.21. The summed E-state index contributed by atoms with van der Waals surface area (Å²) in [5.74, 6) is 1.54. The number of thioether (sulfide) groups is 1. The van der Waals surface area contributed by atoms with Crippen LogP contribution in [0.4, 0.5) is 0 Å². The van der Waals surface area contributed by atoms with Crippen LogP contribution >= 0.6 is 11.8 Å². The third-order valence-corrected chi connectivity index (χ3v) is 5.70. The predicted octanol–water partition coefficient (Wildman–Crippen LogP) is 2.63. The van der Waals surface area contributed by atoms with Crippen LogP contribution in [-0.4, -0.2) is 34.7 Å². The molecule has 4 nitrogen and oxygen atoms in total. The topological polar surface area (TPSA) is 86.2 Å². The molecular formula is C17H34N2O2S. The molecule has 0 aromatic rings. The minimum atomic E-state index is -0.399. The molecule has 0 aliphatic rings. The fraction of sp³-hybridized carbons (Fsp3) is 0.882. The molecule has 0 aromatic carbocycles. The molecule has 0 rings (SSSR count). The molecule has 0 heterocycles. The lowest BCUT2D eigenvalue weighted by atomic mass is 9.95. The number of Topliss-reactive ketones (excluding diaryl/α,β-unsaturated/α-hetero) is 2. The Bertz CT molecular complexity index is 361. The first-order valence-corrected chi connectivity index (χ1v) is 9.36. The van der Waals surface area contributed by atoms with Crippen LogP contribution in [0.3, 0.4) is 0 Å². The number of ketones is 2. The molecule has 0 radical (unpaired) electrons. The van der Waals surface area contributed by atoms with Gasteiger partial charge < -0.3 is 11.5 Å². The first kappa shape index (κ1) is 21.6. The van der Waals surface area contributed by atoms with E-state index in [1.165, 1.54) is 0 Å². The zero-order valence-corrected chi connectivity index (χ0v) is 15.8. The van der Waals surface area contributed by atoms with E-state index in [0.29, 0.717) is 12.3 Å². The third kappa shape index (κ3) is 7.25. The molecule has 0 bridgehead atoms. The Labute approximate surface area is 140 Å². The lowest BCUT2D eigenvalue weighted by Gasteiger charge is -2.22. The zero-order chi connectivity index (χ0) is 17.4. The Morgan fingerprint density at radius 2 is 1.55 bits per heavy atom. The van der Waals surface area contributed by atoms with Gasteiger partial charge in [-0.3, -0.25) is 9.59 Å². The second kappa shape index (κ2) is 10.4. The second-order valence-electron chi connectivity index (χ2n) is 6.79. The molecule has 0 aliphatic carbocycles. The van der Waals surface area contributed by atoms with Crippen molar-refractivity contribution in [2.75, 3.05) is 5.75 Å². The van der Waals surface area contributed by atoms with Gasteiger partial charge in [-0.15, -0.1) is 0 Å². The fourth-order valence-corrected chi connectivity index (χ4v) is 3.32. The van der Waals surface area contributed by atoms with Crippen LogP contribution in [0, 0.1) is 17.8 Å². The van der Waals surface area contributed by atoms with Crippen LogP contribution in [0.1, 0.15) is 54.4 Å². The molecule has 0 fully saturated rings. The van der Waals surface area contributed by atoms with Gasteiger partial charge in [0.1, 0.15) is 0 Å². The van der Waals surface area contributed by atoms with Gasteiger partial charge in [-0.25, -0.2) is 0 Å². The van der Waals surface area contributed by atoms with Gasteiger partial charge in [-0.1, -0.05) is 41.0 Å².